The summed E-state index contributed by atoms with van der Waals surface area (Å²) in [6.07, 6.45) is 2.17. The van der Waals surface area contributed by atoms with E-state index in [-0.39, 0.29) is 27.7 Å². The van der Waals surface area contributed by atoms with Crippen molar-refractivity contribution >= 4 is 27.6 Å². The van der Waals surface area contributed by atoms with Crippen LogP contribution in [0.3, 0.4) is 0 Å². The molecule has 0 unspecified atom stereocenters. The number of ether oxygens (including phenoxy) is 1. The summed E-state index contributed by atoms with van der Waals surface area (Å²) in [5.74, 6) is -0.0729. The van der Waals surface area contributed by atoms with Crippen molar-refractivity contribution < 1.29 is 17.9 Å². The first-order valence-electron chi connectivity index (χ1n) is 11.9. The van der Waals surface area contributed by atoms with Gasteiger partial charge < -0.3 is 4.74 Å². The van der Waals surface area contributed by atoms with Crippen molar-refractivity contribution in [2.24, 2.45) is 5.14 Å². The quantitative estimate of drug-likeness (QED) is 0.309. The van der Waals surface area contributed by atoms with Gasteiger partial charge >= 0.3 is 11.7 Å². The standard InChI is InChI=1S/C27H27ClN4O5S/c1-3-4-10-25-30-32(23-16-20(26(33)37-2)12-14-22(23)28)27(34)31(25)17-18-11-13-21(19-8-6-5-7-9-19)24(15-18)38(29,35)36/h5-9,11-16H,3-4,10,17H2,1-2H3,(H2,29,35,36). The van der Waals surface area contributed by atoms with Crippen molar-refractivity contribution in [1.82, 2.24) is 14.3 Å². The van der Waals surface area contributed by atoms with Crippen LogP contribution in [0.1, 0.15) is 41.5 Å². The van der Waals surface area contributed by atoms with Gasteiger partial charge in [-0.15, -0.1) is 5.10 Å². The Labute approximate surface area is 225 Å². The van der Waals surface area contributed by atoms with E-state index in [1.807, 2.05) is 25.1 Å². The lowest BCUT2D eigenvalue weighted by Crippen LogP contribution is -2.25. The molecule has 0 amide bonds. The largest absolute Gasteiger partial charge is 0.465 e. The topological polar surface area (TPSA) is 126 Å². The number of carbonyl (C=O) groups excluding carboxylic acids is 1. The molecule has 38 heavy (non-hydrogen) atoms. The van der Waals surface area contributed by atoms with Crippen LogP contribution in [-0.2, 0) is 27.7 Å². The fourth-order valence-electron chi connectivity index (χ4n) is 4.13. The number of aryl methyl sites for hydroxylation is 1. The van der Waals surface area contributed by atoms with E-state index in [0.717, 1.165) is 17.5 Å². The summed E-state index contributed by atoms with van der Waals surface area (Å²) < 4.78 is 32.4. The third-order valence-electron chi connectivity index (χ3n) is 6.07. The molecule has 0 radical (unpaired) electrons. The Morgan fingerprint density at radius 3 is 2.47 bits per heavy atom. The van der Waals surface area contributed by atoms with E-state index in [1.54, 1.807) is 24.3 Å². The number of nitrogens with zero attached hydrogens (tertiary/aromatic N) is 3. The fourth-order valence-corrected chi connectivity index (χ4v) is 5.14. The van der Waals surface area contributed by atoms with E-state index in [2.05, 4.69) is 5.10 Å². The van der Waals surface area contributed by atoms with E-state index < -0.39 is 21.7 Å². The molecule has 3 aromatic carbocycles. The molecule has 0 bridgehead atoms. The number of methoxy groups -OCH3 is 1. The van der Waals surface area contributed by atoms with Gasteiger partial charge in [0, 0.05) is 12.0 Å². The first kappa shape index (κ1) is 27.3. The number of aromatic nitrogens is 3. The van der Waals surface area contributed by atoms with E-state index in [9.17, 15) is 18.0 Å². The van der Waals surface area contributed by atoms with Crippen LogP contribution in [-0.4, -0.2) is 35.8 Å². The predicted molar refractivity (Wildman–Crippen MR) is 145 cm³/mol. The summed E-state index contributed by atoms with van der Waals surface area (Å²) in [4.78, 5) is 25.6. The molecule has 1 aromatic heterocycles. The number of benzene rings is 3. The highest BCUT2D eigenvalue weighted by Crippen LogP contribution is 2.28. The normalized spacial score (nSPS) is 11.5. The van der Waals surface area contributed by atoms with Crippen molar-refractivity contribution in [3.8, 4) is 16.8 Å². The van der Waals surface area contributed by atoms with E-state index in [4.69, 9.17) is 21.5 Å². The second-order valence-corrected chi connectivity index (χ2v) is 10.6. The zero-order valence-corrected chi connectivity index (χ0v) is 22.5. The molecule has 198 valence electrons. The molecule has 0 saturated carbocycles. The summed E-state index contributed by atoms with van der Waals surface area (Å²) in [6.45, 7) is 2.08. The molecule has 0 aliphatic heterocycles. The Kier molecular flexibility index (Phi) is 8.15. The second-order valence-electron chi connectivity index (χ2n) is 8.70. The first-order valence-corrected chi connectivity index (χ1v) is 13.8. The predicted octanol–water partition coefficient (Wildman–Crippen LogP) is 4.18. The molecular weight excluding hydrogens is 528 g/mol. The van der Waals surface area contributed by atoms with Gasteiger partial charge in [-0.25, -0.2) is 23.1 Å². The summed E-state index contributed by atoms with van der Waals surface area (Å²) in [7, 11) is -2.80. The fraction of sp³-hybridized carbons (Fsp3) is 0.222. The highest BCUT2D eigenvalue weighted by atomic mass is 35.5. The lowest BCUT2D eigenvalue weighted by Gasteiger charge is -2.12. The van der Waals surface area contributed by atoms with Gasteiger partial charge in [0.15, 0.2) is 0 Å². The number of halogens is 1. The smallest absolute Gasteiger partial charge is 0.351 e. The summed E-state index contributed by atoms with van der Waals surface area (Å²) >= 11 is 6.38. The zero-order valence-electron chi connectivity index (χ0n) is 20.9. The van der Waals surface area contributed by atoms with Gasteiger partial charge in [0.25, 0.3) is 0 Å². The molecule has 9 nitrogen and oxygen atoms in total. The van der Waals surface area contributed by atoms with Crippen LogP contribution in [0.4, 0.5) is 0 Å². The second kappa shape index (κ2) is 11.3. The Morgan fingerprint density at radius 1 is 1.08 bits per heavy atom. The molecule has 2 N–H and O–H groups in total. The molecule has 0 atom stereocenters. The van der Waals surface area contributed by atoms with Crippen LogP contribution in [0.2, 0.25) is 5.02 Å². The van der Waals surface area contributed by atoms with Crippen molar-refractivity contribution in [1.29, 1.82) is 0 Å². The number of esters is 1. The summed E-state index contributed by atoms with van der Waals surface area (Å²) in [5.41, 5.74) is 1.71. The van der Waals surface area contributed by atoms with Crippen LogP contribution in [0.15, 0.2) is 76.4 Å². The molecular formula is C27H27ClN4O5S. The van der Waals surface area contributed by atoms with Crippen LogP contribution in [0.5, 0.6) is 0 Å². The van der Waals surface area contributed by atoms with Crippen LogP contribution >= 0.6 is 11.6 Å². The van der Waals surface area contributed by atoms with Gasteiger partial charge in [0.05, 0.1) is 34.8 Å². The SMILES string of the molecule is CCCCc1nn(-c2cc(C(=O)OC)ccc2Cl)c(=O)n1Cc1ccc(-c2ccccc2)c(S(N)(=O)=O)c1. The van der Waals surface area contributed by atoms with E-state index >= 15 is 0 Å². The third-order valence-corrected chi connectivity index (χ3v) is 7.34. The number of primary sulfonamides is 1. The Balaban J connectivity index is 1.82. The first-order chi connectivity index (χ1) is 18.1. The number of nitrogens with two attached hydrogens (primary N) is 1. The molecule has 11 heteroatoms. The van der Waals surface area contributed by atoms with Gasteiger partial charge in [-0.2, -0.15) is 4.68 Å². The average Bonchev–Trinajstić information content (AvgIpc) is 3.21. The molecule has 0 aliphatic carbocycles. The molecule has 0 fully saturated rings. The molecule has 0 saturated heterocycles. The van der Waals surface area contributed by atoms with Crippen molar-refractivity contribution in [2.75, 3.05) is 7.11 Å². The van der Waals surface area contributed by atoms with Gasteiger partial charge in [0.2, 0.25) is 10.0 Å². The minimum Gasteiger partial charge on any atom is -0.465 e. The lowest BCUT2D eigenvalue weighted by atomic mass is 10.0. The molecule has 1 heterocycles. The Bertz CT molecular complexity index is 1650. The number of unbranched alkanes of at least 4 members (excludes halogenated alkanes) is 1. The van der Waals surface area contributed by atoms with Crippen molar-refractivity contribution in [3.63, 3.8) is 0 Å². The number of carbonyl (C=O) groups is 1. The average molecular weight is 555 g/mol. The van der Waals surface area contributed by atoms with Gasteiger partial charge in [-0.05, 0) is 41.8 Å². The summed E-state index contributed by atoms with van der Waals surface area (Å²) in [5, 5.41) is 10.3. The van der Waals surface area contributed by atoms with Crippen LogP contribution in [0.25, 0.3) is 16.8 Å². The Morgan fingerprint density at radius 2 is 1.82 bits per heavy atom. The van der Waals surface area contributed by atoms with Gasteiger partial charge in [0.1, 0.15) is 5.82 Å². The maximum atomic E-state index is 13.6. The molecule has 4 aromatic rings. The number of hydrogen-bond acceptors (Lipinski definition) is 6. The highest BCUT2D eigenvalue weighted by molar-refractivity contribution is 7.89. The van der Waals surface area contributed by atoms with E-state index in [1.165, 1.54) is 35.9 Å². The van der Waals surface area contributed by atoms with Crippen LogP contribution < -0.4 is 10.8 Å². The monoisotopic (exact) mass is 554 g/mol. The third kappa shape index (κ3) is 5.72. The zero-order chi connectivity index (χ0) is 27.4. The van der Waals surface area contributed by atoms with Crippen LogP contribution in [0, 0.1) is 0 Å². The molecule has 0 aliphatic rings. The maximum absolute atomic E-state index is 13.6. The van der Waals surface area contributed by atoms with Crippen molar-refractivity contribution in [2.45, 2.75) is 37.6 Å². The van der Waals surface area contributed by atoms with Gasteiger partial charge in [-0.1, -0.05) is 67.4 Å². The summed E-state index contributed by atoms with van der Waals surface area (Å²) in [6, 6.07) is 18.4. The molecule has 0 spiro atoms. The van der Waals surface area contributed by atoms with Gasteiger partial charge in [-0.3, -0.25) is 4.57 Å². The maximum Gasteiger partial charge on any atom is 0.351 e. The number of sulfonamides is 1. The molecule has 4 rings (SSSR count). The van der Waals surface area contributed by atoms with Crippen molar-refractivity contribution in [3.05, 3.63) is 99.2 Å². The highest BCUT2D eigenvalue weighted by Gasteiger charge is 2.21. The minimum absolute atomic E-state index is 0.0365. The lowest BCUT2D eigenvalue weighted by molar-refractivity contribution is 0.0600. The Hall–Kier alpha value is -3.73. The number of rotatable bonds is 9. The minimum atomic E-state index is -4.06. The number of hydrogen-bond donors (Lipinski definition) is 1. The van der Waals surface area contributed by atoms with E-state index in [0.29, 0.717) is 28.9 Å².